The summed E-state index contributed by atoms with van der Waals surface area (Å²) in [7, 11) is 0. The van der Waals surface area contributed by atoms with Gasteiger partial charge in [0.05, 0.1) is 29.1 Å². The molecule has 0 unspecified atom stereocenters. The summed E-state index contributed by atoms with van der Waals surface area (Å²) >= 11 is 6.21. The van der Waals surface area contributed by atoms with Crippen molar-refractivity contribution in [1.82, 2.24) is 19.9 Å². The number of carbonyl (C=O) groups excluding carboxylic acids is 1. The van der Waals surface area contributed by atoms with Gasteiger partial charge >= 0.3 is 5.69 Å². The molecular weight excluding hydrogens is 563 g/mol. The molecule has 2 aromatic heterocycles. The first-order valence-corrected chi connectivity index (χ1v) is 13.9. The molecule has 0 radical (unpaired) electrons. The number of nitrogens with one attached hydrogen (secondary N) is 2. The summed E-state index contributed by atoms with van der Waals surface area (Å²) in [4.78, 5) is 36.6. The summed E-state index contributed by atoms with van der Waals surface area (Å²) in [6, 6.07) is 10.9. The Morgan fingerprint density at radius 3 is 2.62 bits per heavy atom. The van der Waals surface area contributed by atoms with Crippen molar-refractivity contribution in [3.05, 3.63) is 81.1 Å². The van der Waals surface area contributed by atoms with E-state index in [2.05, 4.69) is 20.3 Å². The van der Waals surface area contributed by atoms with Gasteiger partial charge < -0.3 is 32.6 Å². The molecule has 0 aliphatic heterocycles. The normalized spacial score (nSPS) is 12.7. The van der Waals surface area contributed by atoms with E-state index in [-0.39, 0.29) is 35.7 Å². The fourth-order valence-corrected chi connectivity index (χ4v) is 4.78. The first-order valence-electron chi connectivity index (χ1n) is 13.5. The predicted molar refractivity (Wildman–Crippen MR) is 162 cm³/mol. The minimum atomic E-state index is -0.567. The smallest absolute Gasteiger partial charge is 0.354 e. The van der Waals surface area contributed by atoms with Gasteiger partial charge in [0, 0.05) is 35.3 Å². The van der Waals surface area contributed by atoms with Gasteiger partial charge in [0.25, 0.3) is 5.91 Å². The van der Waals surface area contributed by atoms with E-state index in [1.54, 1.807) is 48.7 Å². The number of rotatable bonds is 12. The number of nitrogens with two attached hydrogens (primary N) is 3. The van der Waals surface area contributed by atoms with Crippen LogP contribution in [0.15, 0.2) is 58.4 Å². The number of aryl methyl sites for hydroxylation is 1. The Labute approximate surface area is 246 Å². The van der Waals surface area contributed by atoms with Crippen LogP contribution in [0.5, 0.6) is 0 Å². The molecule has 0 saturated heterocycles. The Morgan fingerprint density at radius 2 is 1.95 bits per heavy atom. The van der Waals surface area contributed by atoms with E-state index < -0.39 is 23.5 Å². The molecular formula is C29H34ClFN8O3. The topological polar surface area (TPSA) is 190 Å². The molecule has 11 nitrogen and oxygen atoms in total. The van der Waals surface area contributed by atoms with Crippen molar-refractivity contribution in [3.8, 4) is 16.9 Å². The molecule has 4 rings (SSSR count). The summed E-state index contributed by atoms with van der Waals surface area (Å²) in [5.74, 6) is -1.04. The van der Waals surface area contributed by atoms with Gasteiger partial charge in [-0.1, -0.05) is 11.6 Å². The van der Waals surface area contributed by atoms with Crippen LogP contribution in [0.2, 0.25) is 5.02 Å². The Bertz CT molecular complexity index is 1650. The molecule has 0 spiro atoms. The highest BCUT2D eigenvalue weighted by Gasteiger charge is 2.17. The van der Waals surface area contributed by atoms with Gasteiger partial charge in [0.2, 0.25) is 0 Å². The van der Waals surface area contributed by atoms with Crippen LogP contribution in [-0.2, 0) is 6.42 Å². The van der Waals surface area contributed by atoms with Crippen LogP contribution >= 0.6 is 11.6 Å². The maximum Gasteiger partial charge on any atom is 0.354 e. The fourth-order valence-electron chi connectivity index (χ4n) is 4.54. The fraction of sp³-hybridized carbons (Fsp3) is 0.310. The quantitative estimate of drug-likeness (QED) is 0.107. The van der Waals surface area contributed by atoms with E-state index >= 15 is 4.39 Å². The molecule has 42 heavy (non-hydrogen) atoms. The van der Waals surface area contributed by atoms with E-state index in [1.807, 2.05) is 6.92 Å². The lowest BCUT2D eigenvalue weighted by Crippen LogP contribution is -2.38. The van der Waals surface area contributed by atoms with Gasteiger partial charge in [-0.25, -0.2) is 9.18 Å². The highest BCUT2D eigenvalue weighted by Crippen LogP contribution is 2.31. The molecule has 2 heterocycles. The Morgan fingerprint density at radius 1 is 1.21 bits per heavy atom. The molecule has 1 amide bonds. The van der Waals surface area contributed by atoms with Gasteiger partial charge in [0.15, 0.2) is 11.8 Å². The number of aromatic amines is 1. The van der Waals surface area contributed by atoms with Crippen LogP contribution in [0.4, 0.5) is 4.39 Å². The number of aromatic nitrogens is 3. The predicted octanol–water partition coefficient (Wildman–Crippen LogP) is 2.60. The van der Waals surface area contributed by atoms with Gasteiger partial charge in [0.1, 0.15) is 5.65 Å². The Balaban J connectivity index is 1.55. The molecule has 0 fully saturated rings. The number of hydrogen-bond acceptors (Lipinski definition) is 6. The molecule has 2 aromatic carbocycles. The van der Waals surface area contributed by atoms with E-state index in [4.69, 9.17) is 28.8 Å². The zero-order valence-corrected chi connectivity index (χ0v) is 23.9. The molecule has 2 atom stereocenters. The standard InChI is InChI=1S/C29H34ClFN8O3/c1-16(32)3-2-4-17-11-22(25(31)23(30)12-17)24-13-19-14-39(29(42)38-26(19)37-24)21-7-5-18(6-8-21)27(41)36-20(15-40)9-10-35-28(33)34/h5-8,11-14,16,20,40H,2-4,9-10,15,32H2,1H3,(H,36,41)(H4,33,34,35)(H,37,38,42)/t16-,20+/m0/s1. The number of fused-ring (bicyclic) bond motifs is 1. The van der Waals surface area contributed by atoms with Crippen LogP contribution in [0, 0.1) is 5.82 Å². The lowest BCUT2D eigenvalue weighted by atomic mass is 10.0. The third-order valence-corrected chi connectivity index (χ3v) is 7.02. The number of guanidine groups is 1. The number of amides is 1. The minimum absolute atomic E-state index is 0.0117. The average Bonchev–Trinajstić information content (AvgIpc) is 3.36. The van der Waals surface area contributed by atoms with Crippen LogP contribution in [0.1, 0.15) is 42.1 Å². The number of hydrogen-bond donors (Lipinski definition) is 6. The van der Waals surface area contributed by atoms with Crippen LogP contribution in [0.3, 0.4) is 0 Å². The van der Waals surface area contributed by atoms with E-state index in [0.29, 0.717) is 40.8 Å². The number of nitrogens with zero attached hydrogens (tertiary/aromatic N) is 3. The first kappa shape index (κ1) is 30.7. The van der Waals surface area contributed by atoms with Crippen molar-refractivity contribution < 1.29 is 14.3 Å². The number of aliphatic hydroxyl groups is 1. The number of benzene rings is 2. The number of H-pyrrole nitrogens is 1. The maximum absolute atomic E-state index is 15.0. The van der Waals surface area contributed by atoms with E-state index in [9.17, 15) is 14.7 Å². The van der Waals surface area contributed by atoms with E-state index in [0.717, 1.165) is 18.4 Å². The van der Waals surface area contributed by atoms with Crippen molar-refractivity contribution in [3.63, 3.8) is 0 Å². The van der Waals surface area contributed by atoms with Gasteiger partial charge in [-0.3, -0.25) is 14.4 Å². The monoisotopic (exact) mass is 596 g/mol. The van der Waals surface area contributed by atoms with Crippen molar-refractivity contribution in [2.24, 2.45) is 22.2 Å². The van der Waals surface area contributed by atoms with Crippen molar-refractivity contribution in [2.45, 2.75) is 44.7 Å². The second-order valence-corrected chi connectivity index (χ2v) is 10.6. The maximum atomic E-state index is 15.0. The summed E-state index contributed by atoms with van der Waals surface area (Å²) in [5, 5.41) is 12.9. The molecule has 13 heteroatoms. The van der Waals surface area contributed by atoms with Crippen molar-refractivity contribution in [2.75, 3.05) is 13.2 Å². The van der Waals surface area contributed by atoms with Gasteiger partial charge in [-0.2, -0.15) is 4.98 Å². The summed E-state index contributed by atoms with van der Waals surface area (Å²) < 4.78 is 16.4. The lowest BCUT2D eigenvalue weighted by molar-refractivity contribution is 0.0914. The molecule has 9 N–H and O–H groups in total. The highest BCUT2D eigenvalue weighted by atomic mass is 35.5. The second-order valence-electron chi connectivity index (χ2n) is 10.2. The number of aliphatic imine (C=N–C) groups is 1. The zero-order chi connectivity index (χ0) is 30.4. The van der Waals surface area contributed by atoms with E-state index in [1.165, 1.54) is 4.57 Å². The number of aliphatic hydroxyl groups excluding tert-OH is 1. The Hall–Kier alpha value is -4.26. The van der Waals surface area contributed by atoms with Crippen LogP contribution < -0.4 is 28.2 Å². The van der Waals surface area contributed by atoms with Crippen LogP contribution in [-0.4, -0.2) is 56.7 Å². The summed E-state index contributed by atoms with van der Waals surface area (Å²) in [5.41, 5.74) is 18.6. The molecule has 4 aromatic rings. The summed E-state index contributed by atoms with van der Waals surface area (Å²) in [6.45, 7) is 1.92. The minimum Gasteiger partial charge on any atom is -0.394 e. The van der Waals surface area contributed by atoms with Gasteiger partial charge in [-0.05, 0) is 80.6 Å². The van der Waals surface area contributed by atoms with Crippen molar-refractivity contribution in [1.29, 1.82) is 0 Å². The lowest BCUT2D eigenvalue weighted by Gasteiger charge is -2.15. The highest BCUT2D eigenvalue weighted by molar-refractivity contribution is 6.31. The first-order chi connectivity index (χ1) is 20.0. The third kappa shape index (κ3) is 7.52. The van der Waals surface area contributed by atoms with Crippen molar-refractivity contribution >= 4 is 34.5 Å². The summed E-state index contributed by atoms with van der Waals surface area (Å²) in [6.07, 6.45) is 4.32. The van der Waals surface area contributed by atoms with Crippen LogP contribution in [0.25, 0.3) is 28.0 Å². The number of carbonyl (C=O) groups is 1. The largest absolute Gasteiger partial charge is 0.394 e. The molecule has 222 valence electrons. The number of halogens is 2. The SMILES string of the molecule is C[C@H](N)CCCc1cc(Cl)c(F)c(-c2cc3cn(-c4ccc(C(=O)N[C@@H](CO)CCN=C(N)N)cc4)c(=O)nc3[nH]2)c1. The Kier molecular flexibility index (Phi) is 9.94. The molecule has 0 aliphatic rings. The third-order valence-electron chi connectivity index (χ3n) is 6.75. The molecule has 0 bridgehead atoms. The second kappa shape index (κ2) is 13.6. The average molecular weight is 597 g/mol. The zero-order valence-electron chi connectivity index (χ0n) is 23.1. The molecule has 0 saturated carbocycles. The van der Waals surface area contributed by atoms with Gasteiger partial charge in [-0.15, -0.1) is 0 Å². The molecule has 0 aliphatic carbocycles.